The summed E-state index contributed by atoms with van der Waals surface area (Å²) in [6, 6.07) is 0.281. The maximum Gasteiger partial charge on any atom is 0.262 e. The van der Waals surface area contributed by atoms with Crippen molar-refractivity contribution < 1.29 is 8.42 Å². The second-order valence-corrected chi connectivity index (χ2v) is 8.18. The van der Waals surface area contributed by atoms with Gasteiger partial charge in [-0.1, -0.05) is 0 Å². The Bertz CT molecular complexity index is 581. The number of nitrogens with zero attached hydrogens (tertiary/aromatic N) is 3. The minimum Gasteiger partial charge on any atom is -0.337 e. The summed E-state index contributed by atoms with van der Waals surface area (Å²) in [7, 11) is -1.66. The first-order chi connectivity index (χ1) is 9.96. The number of sulfonamides is 1. The summed E-state index contributed by atoms with van der Waals surface area (Å²) in [5.41, 5.74) is 0. The first kappa shape index (κ1) is 15.0. The van der Waals surface area contributed by atoms with E-state index in [1.807, 2.05) is 14.0 Å². The van der Waals surface area contributed by atoms with E-state index in [2.05, 4.69) is 10.3 Å². The summed E-state index contributed by atoms with van der Waals surface area (Å²) < 4.78 is 29.2. The van der Waals surface area contributed by atoms with Gasteiger partial charge in [-0.25, -0.2) is 13.4 Å². The summed E-state index contributed by atoms with van der Waals surface area (Å²) in [6.45, 7) is 4.01. The number of hydrogen-bond donors (Lipinski definition) is 1. The maximum absolute atomic E-state index is 12.9. The summed E-state index contributed by atoms with van der Waals surface area (Å²) in [5.74, 6) is 1.25. The standard InChI is InChI=1S/C14H24N4O2S/c1-11-16-14(10-17(11)2)21(19,20)18(8-12-5-6-12)9-13-4-3-7-15-13/h10,12-13,15H,3-9H2,1-2H3. The predicted octanol–water partition coefficient (Wildman–Crippen LogP) is 0.881. The van der Waals surface area contributed by atoms with Crippen LogP contribution in [-0.4, -0.2) is 48.0 Å². The van der Waals surface area contributed by atoms with Crippen molar-refractivity contribution in [2.75, 3.05) is 19.6 Å². The van der Waals surface area contributed by atoms with Crippen molar-refractivity contribution in [3.8, 4) is 0 Å². The lowest BCUT2D eigenvalue weighted by molar-refractivity contribution is 0.357. The molecule has 0 aromatic carbocycles. The van der Waals surface area contributed by atoms with Crippen LogP contribution < -0.4 is 5.32 Å². The zero-order chi connectivity index (χ0) is 15.0. The van der Waals surface area contributed by atoms with E-state index < -0.39 is 10.0 Å². The lowest BCUT2D eigenvalue weighted by Gasteiger charge is -2.24. The molecule has 21 heavy (non-hydrogen) atoms. The largest absolute Gasteiger partial charge is 0.337 e. The monoisotopic (exact) mass is 312 g/mol. The van der Waals surface area contributed by atoms with Crippen LogP contribution in [0.15, 0.2) is 11.2 Å². The molecule has 1 saturated carbocycles. The Labute approximate surface area is 126 Å². The third-order valence-electron chi connectivity index (χ3n) is 4.44. The Morgan fingerprint density at radius 1 is 1.38 bits per heavy atom. The normalized spacial score (nSPS) is 23.1. The molecule has 0 radical (unpaired) electrons. The van der Waals surface area contributed by atoms with Gasteiger partial charge in [-0.15, -0.1) is 0 Å². The predicted molar refractivity (Wildman–Crippen MR) is 80.5 cm³/mol. The molecule has 0 amide bonds. The van der Waals surface area contributed by atoms with Crippen molar-refractivity contribution in [2.24, 2.45) is 13.0 Å². The van der Waals surface area contributed by atoms with Crippen LogP contribution in [0.4, 0.5) is 0 Å². The smallest absolute Gasteiger partial charge is 0.262 e. The summed E-state index contributed by atoms with van der Waals surface area (Å²) >= 11 is 0. The Balaban J connectivity index is 1.82. The van der Waals surface area contributed by atoms with Gasteiger partial charge in [0.15, 0.2) is 5.03 Å². The molecule has 118 valence electrons. The maximum atomic E-state index is 12.9. The van der Waals surface area contributed by atoms with Gasteiger partial charge in [0.2, 0.25) is 0 Å². The van der Waals surface area contributed by atoms with Gasteiger partial charge >= 0.3 is 0 Å². The number of hydrogen-bond acceptors (Lipinski definition) is 4. The molecule has 3 rings (SSSR count). The van der Waals surface area contributed by atoms with Crippen LogP contribution in [0.2, 0.25) is 0 Å². The molecule has 1 aliphatic heterocycles. The van der Waals surface area contributed by atoms with Crippen molar-refractivity contribution in [1.29, 1.82) is 0 Å². The second-order valence-electron chi connectivity index (χ2n) is 6.30. The van der Waals surface area contributed by atoms with E-state index in [9.17, 15) is 8.42 Å². The van der Waals surface area contributed by atoms with Gasteiger partial charge in [0.05, 0.1) is 0 Å². The van der Waals surface area contributed by atoms with Crippen molar-refractivity contribution in [1.82, 2.24) is 19.2 Å². The van der Waals surface area contributed by atoms with E-state index >= 15 is 0 Å². The highest BCUT2D eigenvalue weighted by Crippen LogP contribution is 2.32. The van der Waals surface area contributed by atoms with Gasteiger partial charge in [-0.3, -0.25) is 0 Å². The molecule has 2 heterocycles. The number of rotatable bonds is 6. The van der Waals surface area contributed by atoms with Gasteiger partial charge in [0.25, 0.3) is 10.0 Å². The molecule has 1 aromatic heterocycles. The average molecular weight is 312 g/mol. The van der Waals surface area contributed by atoms with Crippen molar-refractivity contribution in [2.45, 2.75) is 43.7 Å². The second kappa shape index (κ2) is 5.70. The molecule has 6 nitrogen and oxygen atoms in total. The van der Waals surface area contributed by atoms with Gasteiger partial charge in [0, 0.05) is 32.4 Å². The topological polar surface area (TPSA) is 67.2 Å². The van der Waals surface area contributed by atoms with Crippen LogP contribution in [0.3, 0.4) is 0 Å². The Morgan fingerprint density at radius 3 is 2.67 bits per heavy atom. The molecule has 1 atom stereocenters. The average Bonchev–Trinajstić information content (AvgIpc) is 2.97. The molecule has 0 spiro atoms. The fraction of sp³-hybridized carbons (Fsp3) is 0.786. The van der Waals surface area contributed by atoms with E-state index in [1.165, 1.54) is 0 Å². The molecular formula is C14H24N4O2S. The third-order valence-corrected chi connectivity index (χ3v) is 6.14. The molecule has 1 saturated heterocycles. The Morgan fingerprint density at radius 2 is 2.14 bits per heavy atom. The van der Waals surface area contributed by atoms with Crippen molar-refractivity contribution in [3.63, 3.8) is 0 Å². The number of aromatic nitrogens is 2. The van der Waals surface area contributed by atoms with E-state index in [-0.39, 0.29) is 11.1 Å². The van der Waals surface area contributed by atoms with E-state index in [1.54, 1.807) is 15.1 Å². The number of nitrogens with one attached hydrogen (secondary N) is 1. The zero-order valence-corrected chi connectivity index (χ0v) is 13.6. The van der Waals surface area contributed by atoms with Crippen LogP contribution in [0.5, 0.6) is 0 Å². The lowest BCUT2D eigenvalue weighted by Crippen LogP contribution is -2.42. The number of aryl methyl sites for hydroxylation is 2. The molecule has 0 bridgehead atoms. The van der Waals surface area contributed by atoms with Gasteiger partial charge in [-0.2, -0.15) is 4.31 Å². The first-order valence-corrected chi connectivity index (χ1v) is 9.14. The fourth-order valence-electron chi connectivity index (χ4n) is 2.80. The lowest BCUT2D eigenvalue weighted by atomic mass is 10.2. The first-order valence-electron chi connectivity index (χ1n) is 7.70. The summed E-state index contributed by atoms with van der Waals surface area (Å²) in [6.07, 6.45) is 6.09. The number of imidazole rings is 1. The molecule has 7 heteroatoms. The Kier molecular flexibility index (Phi) is 4.07. The van der Waals surface area contributed by atoms with Crippen LogP contribution in [0, 0.1) is 12.8 Å². The van der Waals surface area contributed by atoms with Crippen LogP contribution >= 0.6 is 0 Å². The molecule has 1 aliphatic carbocycles. The summed E-state index contributed by atoms with van der Waals surface area (Å²) in [5, 5.41) is 3.57. The fourth-order valence-corrected chi connectivity index (χ4v) is 4.39. The van der Waals surface area contributed by atoms with Crippen molar-refractivity contribution >= 4 is 10.0 Å². The van der Waals surface area contributed by atoms with Gasteiger partial charge < -0.3 is 9.88 Å². The van der Waals surface area contributed by atoms with Crippen LogP contribution in [-0.2, 0) is 17.1 Å². The highest BCUT2D eigenvalue weighted by Gasteiger charge is 2.35. The molecular weight excluding hydrogens is 288 g/mol. The molecule has 1 unspecified atom stereocenters. The van der Waals surface area contributed by atoms with E-state index in [4.69, 9.17) is 0 Å². The van der Waals surface area contributed by atoms with Gasteiger partial charge in [-0.05, 0) is 45.1 Å². The Hall–Kier alpha value is -0.920. The third kappa shape index (κ3) is 3.30. The molecule has 1 aromatic rings. The zero-order valence-electron chi connectivity index (χ0n) is 12.7. The van der Waals surface area contributed by atoms with Crippen LogP contribution in [0.1, 0.15) is 31.5 Å². The molecule has 1 N–H and O–H groups in total. The SMILES string of the molecule is Cc1nc(S(=O)(=O)N(CC2CC2)CC2CCCN2)cn1C. The molecule has 2 fully saturated rings. The quantitative estimate of drug-likeness (QED) is 0.847. The minimum absolute atomic E-state index is 0.182. The molecule has 2 aliphatic rings. The van der Waals surface area contributed by atoms with E-state index in [0.717, 1.165) is 38.1 Å². The van der Waals surface area contributed by atoms with Crippen LogP contribution in [0.25, 0.3) is 0 Å². The minimum atomic E-state index is -3.48. The van der Waals surface area contributed by atoms with Crippen molar-refractivity contribution in [3.05, 3.63) is 12.0 Å². The highest BCUT2D eigenvalue weighted by molar-refractivity contribution is 7.89. The van der Waals surface area contributed by atoms with Gasteiger partial charge in [0.1, 0.15) is 5.82 Å². The van der Waals surface area contributed by atoms with E-state index in [0.29, 0.717) is 19.0 Å². The highest BCUT2D eigenvalue weighted by atomic mass is 32.2. The summed E-state index contributed by atoms with van der Waals surface area (Å²) in [4.78, 5) is 4.22.